The molecule has 2 aromatic heterocycles. The van der Waals surface area contributed by atoms with E-state index in [-0.39, 0.29) is 11.5 Å². The molecule has 7 nitrogen and oxygen atoms in total. The molecule has 0 radical (unpaired) electrons. The fourth-order valence-electron chi connectivity index (χ4n) is 1.76. The quantitative estimate of drug-likeness (QED) is 0.595. The molecule has 0 amide bonds. The van der Waals surface area contributed by atoms with Crippen LogP contribution in [0.5, 0.6) is 0 Å². The van der Waals surface area contributed by atoms with E-state index in [9.17, 15) is 10.1 Å². The molecule has 0 aliphatic rings. The van der Waals surface area contributed by atoms with E-state index in [4.69, 9.17) is 0 Å². The Morgan fingerprint density at radius 1 is 1.43 bits per heavy atom. The van der Waals surface area contributed by atoms with Crippen molar-refractivity contribution in [3.05, 3.63) is 36.6 Å². The molecule has 0 aromatic carbocycles. The highest BCUT2D eigenvalue weighted by Crippen LogP contribution is 2.28. The van der Waals surface area contributed by atoms with Gasteiger partial charge in [0.2, 0.25) is 11.8 Å². The van der Waals surface area contributed by atoms with Gasteiger partial charge >= 0.3 is 5.69 Å². The zero-order chi connectivity index (χ0) is 15.4. The van der Waals surface area contributed by atoms with Gasteiger partial charge in [0.05, 0.1) is 11.5 Å². The van der Waals surface area contributed by atoms with Crippen molar-refractivity contribution in [3.63, 3.8) is 0 Å². The van der Waals surface area contributed by atoms with Gasteiger partial charge in [-0.05, 0) is 35.8 Å². The summed E-state index contributed by atoms with van der Waals surface area (Å²) in [6.07, 6.45) is 0. The van der Waals surface area contributed by atoms with Crippen LogP contribution in [0.4, 0.5) is 17.5 Å². The maximum atomic E-state index is 11.2. The summed E-state index contributed by atoms with van der Waals surface area (Å²) in [5.74, 6) is 0.614. The van der Waals surface area contributed by atoms with Gasteiger partial charge in [-0.25, -0.2) is 4.98 Å². The van der Waals surface area contributed by atoms with Crippen molar-refractivity contribution in [1.82, 2.24) is 9.97 Å². The van der Waals surface area contributed by atoms with Gasteiger partial charge in [0.15, 0.2) is 0 Å². The molecule has 0 spiro atoms. The first-order chi connectivity index (χ1) is 10.0. The van der Waals surface area contributed by atoms with Crippen molar-refractivity contribution in [2.75, 3.05) is 17.2 Å². The largest absolute Gasteiger partial charge is 0.359 e. The topological polar surface area (TPSA) is 93.0 Å². The number of hydrogen-bond acceptors (Lipinski definition) is 7. The fraction of sp³-hybridized carbons (Fsp3) is 0.333. The van der Waals surface area contributed by atoms with E-state index in [1.807, 2.05) is 18.4 Å². The molecule has 0 aliphatic heterocycles. The molecule has 2 N–H and O–H groups in total. The second kappa shape index (κ2) is 6.81. The third kappa shape index (κ3) is 3.88. The maximum Gasteiger partial charge on any atom is 0.332 e. The summed E-state index contributed by atoms with van der Waals surface area (Å²) in [5.41, 5.74) is 0.244. The Balaban J connectivity index is 2.28. The minimum atomic E-state index is -0.461. The number of hydrogen-bond donors (Lipinski definition) is 2. The van der Waals surface area contributed by atoms with E-state index in [1.54, 1.807) is 18.3 Å². The van der Waals surface area contributed by atoms with E-state index in [1.165, 1.54) is 0 Å². The van der Waals surface area contributed by atoms with Crippen LogP contribution in [-0.4, -0.2) is 21.4 Å². The maximum absolute atomic E-state index is 11.2. The summed E-state index contributed by atoms with van der Waals surface area (Å²) < 4.78 is 0.992. The Kier molecular flexibility index (Phi) is 5.07. The third-order valence-electron chi connectivity index (χ3n) is 2.63. The van der Waals surface area contributed by atoms with E-state index in [0.29, 0.717) is 24.7 Å². The van der Waals surface area contributed by atoms with Crippen LogP contribution in [0.3, 0.4) is 0 Å². The highest BCUT2D eigenvalue weighted by atomic mass is 79.9. The molecule has 0 atom stereocenters. The van der Waals surface area contributed by atoms with Crippen molar-refractivity contribution in [3.8, 4) is 0 Å². The van der Waals surface area contributed by atoms with Crippen molar-refractivity contribution >= 4 is 44.7 Å². The number of halogens is 1. The van der Waals surface area contributed by atoms with Crippen LogP contribution in [0.2, 0.25) is 0 Å². The number of rotatable bonds is 6. The second-order valence-electron chi connectivity index (χ2n) is 4.20. The lowest BCUT2D eigenvalue weighted by Gasteiger charge is -2.09. The summed E-state index contributed by atoms with van der Waals surface area (Å²) in [4.78, 5) is 20.1. The minimum Gasteiger partial charge on any atom is -0.359 e. The molecule has 2 heterocycles. The lowest BCUT2D eigenvalue weighted by Crippen LogP contribution is -2.10. The van der Waals surface area contributed by atoms with Gasteiger partial charge in [-0.15, -0.1) is 11.3 Å². The molecule has 0 saturated carbocycles. The standard InChI is InChI=1S/C12H14BrN5O2S/c1-3-14-12-16-7(2)10(18(19)20)11(17-12)15-5-9-4-8(13)6-21-9/h4,6H,3,5H2,1-2H3,(H2,14,15,16,17). The first-order valence-electron chi connectivity index (χ1n) is 6.25. The van der Waals surface area contributed by atoms with Crippen molar-refractivity contribution in [2.45, 2.75) is 20.4 Å². The fourth-order valence-corrected chi connectivity index (χ4v) is 3.15. The van der Waals surface area contributed by atoms with Gasteiger partial charge in [0.1, 0.15) is 5.69 Å². The molecule has 0 aliphatic carbocycles. The predicted octanol–water partition coefficient (Wildman–Crippen LogP) is 3.56. The number of nitrogens with one attached hydrogen (secondary N) is 2. The van der Waals surface area contributed by atoms with Crippen molar-refractivity contribution in [1.29, 1.82) is 0 Å². The van der Waals surface area contributed by atoms with Crippen LogP contribution < -0.4 is 10.6 Å². The van der Waals surface area contributed by atoms with Crippen molar-refractivity contribution in [2.24, 2.45) is 0 Å². The van der Waals surface area contributed by atoms with E-state index in [0.717, 1.165) is 9.35 Å². The predicted molar refractivity (Wildman–Crippen MR) is 86.9 cm³/mol. The summed E-state index contributed by atoms with van der Waals surface area (Å²) in [5, 5.41) is 19.1. The van der Waals surface area contributed by atoms with Crippen LogP contribution in [0.1, 0.15) is 17.5 Å². The zero-order valence-corrected chi connectivity index (χ0v) is 13.9. The zero-order valence-electron chi connectivity index (χ0n) is 11.5. The van der Waals surface area contributed by atoms with Crippen LogP contribution >= 0.6 is 27.3 Å². The normalized spacial score (nSPS) is 10.4. The molecule has 0 bridgehead atoms. The Bertz CT molecular complexity index is 661. The molecule has 21 heavy (non-hydrogen) atoms. The number of aromatic nitrogens is 2. The molecule has 0 saturated heterocycles. The van der Waals surface area contributed by atoms with Gasteiger partial charge in [0.25, 0.3) is 0 Å². The van der Waals surface area contributed by atoms with Crippen molar-refractivity contribution < 1.29 is 4.92 Å². The highest BCUT2D eigenvalue weighted by molar-refractivity contribution is 9.10. The minimum absolute atomic E-state index is 0.0905. The number of thiophene rings is 1. The molecule has 9 heteroatoms. The highest BCUT2D eigenvalue weighted by Gasteiger charge is 2.21. The van der Waals surface area contributed by atoms with Gasteiger partial charge in [-0.3, -0.25) is 10.1 Å². The van der Waals surface area contributed by atoms with Gasteiger partial charge in [-0.2, -0.15) is 4.98 Å². The Hall–Kier alpha value is -1.74. The first kappa shape index (κ1) is 15.6. The number of nitro groups is 1. The smallest absolute Gasteiger partial charge is 0.332 e. The Morgan fingerprint density at radius 2 is 2.19 bits per heavy atom. The Morgan fingerprint density at radius 3 is 2.76 bits per heavy atom. The van der Waals surface area contributed by atoms with Gasteiger partial charge < -0.3 is 10.6 Å². The average Bonchev–Trinajstić information content (AvgIpc) is 2.81. The number of nitrogens with zero attached hydrogens (tertiary/aromatic N) is 3. The van der Waals surface area contributed by atoms with E-state index < -0.39 is 4.92 Å². The summed E-state index contributed by atoms with van der Waals surface area (Å²) in [6.45, 7) is 4.64. The second-order valence-corrected chi connectivity index (χ2v) is 6.11. The lowest BCUT2D eigenvalue weighted by molar-refractivity contribution is -0.385. The number of anilines is 2. The SMILES string of the molecule is CCNc1nc(C)c([N+](=O)[O-])c(NCc2cc(Br)cs2)n1. The summed E-state index contributed by atoms with van der Waals surface area (Å²) in [7, 11) is 0. The van der Waals surface area contributed by atoms with Gasteiger partial charge in [0, 0.05) is 21.3 Å². The monoisotopic (exact) mass is 371 g/mol. The lowest BCUT2D eigenvalue weighted by atomic mass is 10.3. The van der Waals surface area contributed by atoms with Gasteiger partial charge in [-0.1, -0.05) is 0 Å². The summed E-state index contributed by atoms with van der Waals surface area (Å²) >= 11 is 4.94. The van der Waals surface area contributed by atoms with Crippen LogP contribution in [-0.2, 0) is 6.54 Å². The van der Waals surface area contributed by atoms with Crippen LogP contribution in [0.15, 0.2) is 15.9 Å². The van der Waals surface area contributed by atoms with E-state index >= 15 is 0 Å². The van der Waals surface area contributed by atoms with Crippen LogP contribution in [0.25, 0.3) is 0 Å². The summed E-state index contributed by atoms with van der Waals surface area (Å²) in [6, 6.07) is 1.96. The third-order valence-corrected chi connectivity index (χ3v) is 4.33. The molecule has 0 fully saturated rings. The van der Waals surface area contributed by atoms with E-state index in [2.05, 4.69) is 36.5 Å². The average molecular weight is 372 g/mol. The molecular formula is C12H14BrN5O2S. The first-order valence-corrected chi connectivity index (χ1v) is 7.92. The molecule has 2 aromatic rings. The molecule has 112 valence electrons. The number of aryl methyl sites for hydroxylation is 1. The van der Waals surface area contributed by atoms with Crippen LogP contribution in [0, 0.1) is 17.0 Å². The molecule has 0 unspecified atom stereocenters. The molecular weight excluding hydrogens is 358 g/mol. The Labute approximate surface area is 134 Å². The molecule has 2 rings (SSSR count).